The molecule has 35 heavy (non-hydrogen) atoms. The third-order valence-electron chi connectivity index (χ3n) is 5.17. The molecule has 0 unspecified atom stereocenters. The summed E-state index contributed by atoms with van der Waals surface area (Å²) in [6.45, 7) is 1.29. The van der Waals surface area contributed by atoms with Crippen LogP contribution in [0.5, 0.6) is 11.8 Å². The van der Waals surface area contributed by atoms with Crippen LogP contribution in [0.15, 0.2) is 29.3 Å². The van der Waals surface area contributed by atoms with E-state index in [0.717, 1.165) is 0 Å². The number of hydrogen-bond acceptors (Lipinski definition) is 11. The molecule has 1 aliphatic rings. The minimum absolute atomic E-state index is 0.132. The second-order valence-corrected chi connectivity index (χ2v) is 7.53. The van der Waals surface area contributed by atoms with Crippen LogP contribution in [0.25, 0.3) is 11.2 Å². The van der Waals surface area contributed by atoms with E-state index in [1.54, 1.807) is 19.2 Å². The molecular weight excluding hydrogens is 460 g/mol. The SMILES string of the molecule is CO[C@H](CNCCOc1ccc2ncc(=O)n(C)c2n1)CN(C=O)c1cnc2c(n1)NC(=O)CO2. The van der Waals surface area contributed by atoms with E-state index in [2.05, 4.69) is 30.6 Å². The number of fused-ring (bicyclic) bond motifs is 2. The Bertz CT molecular complexity index is 1280. The molecule has 0 spiro atoms. The Balaban J connectivity index is 1.27. The highest BCUT2D eigenvalue weighted by molar-refractivity contribution is 5.94. The molecule has 3 aromatic heterocycles. The van der Waals surface area contributed by atoms with Gasteiger partial charge in [-0.3, -0.25) is 23.9 Å². The van der Waals surface area contributed by atoms with Crippen molar-refractivity contribution in [2.24, 2.45) is 7.05 Å². The predicted molar refractivity (Wildman–Crippen MR) is 124 cm³/mol. The van der Waals surface area contributed by atoms with Gasteiger partial charge < -0.3 is 24.8 Å². The van der Waals surface area contributed by atoms with E-state index >= 15 is 0 Å². The number of nitrogens with zero attached hydrogens (tertiary/aromatic N) is 6. The highest BCUT2D eigenvalue weighted by Gasteiger charge is 2.22. The molecule has 0 fully saturated rings. The molecule has 0 aliphatic carbocycles. The maximum absolute atomic E-state index is 11.7. The van der Waals surface area contributed by atoms with Crippen molar-refractivity contribution in [2.75, 3.05) is 50.2 Å². The quantitative estimate of drug-likeness (QED) is 0.256. The van der Waals surface area contributed by atoms with Crippen LogP contribution >= 0.6 is 0 Å². The summed E-state index contributed by atoms with van der Waals surface area (Å²) in [5.41, 5.74) is 0.782. The highest BCUT2D eigenvalue weighted by Crippen LogP contribution is 2.25. The average molecular weight is 484 g/mol. The van der Waals surface area contributed by atoms with Crippen LogP contribution in [0.3, 0.4) is 0 Å². The van der Waals surface area contributed by atoms with Gasteiger partial charge in [0, 0.05) is 33.3 Å². The van der Waals surface area contributed by atoms with Gasteiger partial charge in [0.05, 0.1) is 25.0 Å². The fourth-order valence-corrected chi connectivity index (χ4v) is 3.29. The Hall–Kier alpha value is -4.17. The molecule has 3 aromatic rings. The lowest BCUT2D eigenvalue weighted by Gasteiger charge is -2.24. The van der Waals surface area contributed by atoms with Crippen molar-refractivity contribution in [1.29, 1.82) is 0 Å². The van der Waals surface area contributed by atoms with E-state index in [-0.39, 0.29) is 48.2 Å². The Morgan fingerprint density at radius 1 is 1.29 bits per heavy atom. The topological polar surface area (TPSA) is 163 Å². The molecule has 0 saturated heterocycles. The Morgan fingerprint density at radius 2 is 2.14 bits per heavy atom. The lowest BCUT2D eigenvalue weighted by atomic mass is 10.3. The summed E-state index contributed by atoms with van der Waals surface area (Å²) >= 11 is 0. The minimum Gasteiger partial charge on any atom is -0.476 e. The number of nitrogens with one attached hydrogen (secondary N) is 2. The first-order chi connectivity index (χ1) is 17.0. The molecule has 4 rings (SSSR count). The molecule has 4 heterocycles. The van der Waals surface area contributed by atoms with Crippen molar-refractivity contribution >= 4 is 35.1 Å². The number of carbonyl (C=O) groups excluding carboxylic acids is 2. The molecule has 2 N–H and O–H groups in total. The first-order valence-corrected chi connectivity index (χ1v) is 10.7. The molecule has 1 aliphatic heterocycles. The fourth-order valence-electron chi connectivity index (χ4n) is 3.29. The van der Waals surface area contributed by atoms with Gasteiger partial charge in [-0.1, -0.05) is 0 Å². The van der Waals surface area contributed by atoms with Crippen LogP contribution < -0.4 is 30.6 Å². The molecular formula is C21H24N8O6. The first kappa shape index (κ1) is 24.0. The van der Waals surface area contributed by atoms with Gasteiger partial charge in [-0.05, 0) is 6.07 Å². The lowest BCUT2D eigenvalue weighted by molar-refractivity contribution is -0.118. The Morgan fingerprint density at radius 3 is 2.94 bits per heavy atom. The summed E-state index contributed by atoms with van der Waals surface area (Å²) in [5.74, 6) is 0.639. The summed E-state index contributed by atoms with van der Waals surface area (Å²) in [7, 11) is 3.16. The van der Waals surface area contributed by atoms with Crippen LogP contribution in [-0.4, -0.2) is 82.9 Å². The fraction of sp³-hybridized carbons (Fsp3) is 0.381. The maximum atomic E-state index is 11.7. The van der Waals surface area contributed by atoms with Crippen molar-refractivity contribution < 1.29 is 23.8 Å². The van der Waals surface area contributed by atoms with E-state index in [9.17, 15) is 14.4 Å². The zero-order valence-electron chi connectivity index (χ0n) is 19.1. The van der Waals surface area contributed by atoms with E-state index in [0.29, 0.717) is 43.2 Å². The number of aryl methyl sites for hydroxylation is 1. The van der Waals surface area contributed by atoms with Gasteiger partial charge >= 0.3 is 0 Å². The van der Waals surface area contributed by atoms with Gasteiger partial charge in [0.25, 0.3) is 17.3 Å². The van der Waals surface area contributed by atoms with Crippen molar-refractivity contribution in [3.63, 3.8) is 0 Å². The number of carbonyl (C=O) groups is 2. The number of amides is 2. The number of hydrogen-bond donors (Lipinski definition) is 2. The van der Waals surface area contributed by atoms with E-state index in [4.69, 9.17) is 14.2 Å². The summed E-state index contributed by atoms with van der Waals surface area (Å²) < 4.78 is 17.7. The van der Waals surface area contributed by atoms with E-state index in [1.165, 1.54) is 29.0 Å². The van der Waals surface area contributed by atoms with Crippen LogP contribution in [0.2, 0.25) is 0 Å². The van der Waals surface area contributed by atoms with Crippen LogP contribution in [0.1, 0.15) is 0 Å². The molecule has 0 radical (unpaired) electrons. The molecule has 0 bridgehead atoms. The molecule has 184 valence electrons. The van der Waals surface area contributed by atoms with Crippen LogP contribution in [-0.2, 0) is 21.4 Å². The smallest absolute Gasteiger partial charge is 0.270 e. The van der Waals surface area contributed by atoms with Crippen molar-refractivity contribution in [2.45, 2.75) is 6.10 Å². The van der Waals surface area contributed by atoms with Gasteiger partial charge in [0.2, 0.25) is 12.3 Å². The Labute approximate surface area is 199 Å². The first-order valence-electron chi connectivity index (χ1n) is 10.7. The number of anilines is 2. The summed E-state index contributed by atoms with van der Waals surface area (Å²) in [5, 5.41) is 5.76. The monoisotopic (exact) mass is 484 g/mol. The van der Waals surface area contributed by atoms with Crippen molar-refractivity contribution in [3.05, 3.63) is 34.9 Å². The van der Waals surface area contributed by atoms with Crippen molar-refractivity contribution in [1.82, 2.24) is 29.8 Å². The summed E-state index contributed by atoms with van der Waals surface area (Å²) in [4.78, 5) is 53.0. The van der Waals surface area contributed by atoms with E-state index < -0.39 is 0 Å². The molecule has 1 atom stereocenters. The van der Waals surface area contributed by atoms with Crippen LogP contribution in [0, 0.1) is 0 Å². The molecule has 0 aromatic carbocycles. The second kappa shape index (κ2) is 10.8. The normalized spacial score (nSPS) is 13.5. The second-order valence-electron chi connectivity index (χ2n) is 7.53. The van der Waals surface area contributed by atoms with Gasteiger partial charge in [-0.2, -0.15) is 4.98 Å². The van der Waals surface area contributed by atoms with Crippen molar-refractivity contribution in [3.8, 4) is 11.8 Å². The predicted octanol–water partition coefficient (Wildman–Crippen LogP) is -0.904. The third-order valence-corrected chi connectivity index (χ3v) is 5.17. The third kappa shape index (κ3) is 5.67. The zero-order valence-corrected chi connectivity index (χ0v) is 19.1. The number of aromatic nitrogens is 5. The summed E-state index contributed by atoms with van der Waals surface area (Å²) in [6, 6.07) is 3.42. The van der Waals surface area contributed by atoms with E-state index in [1.807, 2.05) is 0 Å². The number of rotatable bonds is 11. The maximum Gasteiger partial charge on any atom is 0.270 e. The average Bonchev–Trinajstić information content (AvgIpc) is 2.87. The number of methoxy groups -OCH3 is 1. The van der Waals surface area contributed by atoms with Gasteiger partial charge in [-0.25, -0.2) is 15.0 Å². The Kier molecular flexibility index (Phi) is 7.42. The molecule has 14 nitrogen and oxygen atoms in total. The molecule has 14 heteroatoms. The number of ether oxygens (including phenoxy) is 3. The zero-order chi connectivity index (χ0) is 24.8. The largest absolute Gasteiger partial charge is 0.476 e. The van der Waals surface area contributed by atoms with Gasteiger partial charge in [-0.15, -0.1) is 0 Å². The highest BCUT2D eigenvalue weighted by atomic mass is 16.5. The molecule has 2 amide bonds. The minimum atomic E-state index is -0.358. The lowest BCUT2D eigenvalue weighted by Crippen LogP contribution is -2.40. The standard InChI is InChI=1S/C21H24N8O6/c1-28-18(32)9-23-14-3-4-17(27-20(14)28)34-6-5-22-7-13(33-2)10-29(12-30)15-8-24-21-19(25-15)26-16(31)11-35-21/h3-4,8-9,12-13,22H,5-7,10-11H2,1-2H3,(H,25,26,31)/t13-/m1/s1. The van der Waals surface area contributed by atoms with Gasteiger partial charge in [0.1, 0.15) is 12.1 Å². The van der Waals surface area contributed by atoms with Gasteiger partial charge in [0.15, 0.2) is 23.9 Å². The number of pyridine rings is 1. The summed E-state index contributed by atoms with van der Waals surface area (Å²) in [6.07, 6.45) is 2.89. The van der Waals surface area contributed by atoms with Crippen LogP contribution in [0.4, 0.5) is 11.6 Å². The molecule has 0 saturated carbocycles.